The van der Waals surface area contributed by atoms with Gasteiger partial charge in [0.05, 0.1) is 17.1 Å². The molecule has 0 fully saturated rings. The third kappa shape index (κ3) is 39.6. The van der Waals surface area contributed by atoms with Crippen molar-refractivity contribution < 1.29 is 20.4 Å². The summed E-state index contributed by atoms with van der Waals surface area (Å²) in [7, 11) is 0. The molecule has 3 heteroatoms. The maximum absolute atomic E-state index is 5.46. The number of rotatable bonds is 48. The van der Waals surface area contributed by atoms with Crippen LogP contribution in [0.1, 0.15) is 308 Å². The van der Waals surface area contributed by atoms with E-state index >= 15 is 0 Å². The number of hydrogen-bond donors (Lipinski definition) is 0. The first-order chi connectivity index (χ1) is 34.7. The van der Waals surface area contributed by atoms with Gasteiger partial charge >= 0.3 is 0 Å². The standard InChI is InChI=1S/C68H112N2.Pd/c1-5-9-13-16-19-21-23-25-27-29-31-33-35-37-39-41-43-45-48-55-63-57-51-53-60-65(63)69-67(59-12-8-4)68(62-50-47-18-15-11-7-3)70-66-61-54-52-58-64(66)56-49-46-44-42-40-38-36-34-32-30-28-26-24-22-20-17-14-10-6-2;/h41-44,51-54,57-58,60-61H,5-40,45-49,55-56,59H2,1-4H3;/b43-41+,44-42+,69-67?,70-68?;. The minimum Gasteiger partial charge on any atom is -0.250 e. The normalized spacial score (nSPS) is 12.0. The van der Waals surface area contributed by atoms with Crippen molar-refractivity contribution in [3.05, 3.63) is 84.0 Å². The number of hydrogen-bond acceptors (Lipinski definition) is 2. The number of nitrogens with zero attached hydrogens (tertiary/aromatic N) is 2. The van der Waals surface area contributed by atoms with Gasteiger partial charge in [0.1, 0.15) is 5.71 Å². The van der Waals surface area contributed by atoms with Crippen molar-refractivity contribution in [2.24, 2.45) is 9.98 Å². The Kier molecular flexibility index (Phi) is 49.0. The molecule has 0 saturated heterocycles. The molecule has 0 saturated carbocycles. The Balaban J connectivity index is 0.0000252. The summed E-state index contributed by atoms with van der Waals surface area (Å²) in [6, 6.07) is 17.6. The van der Waals surface area contributed by atoms with Crippen LogP contribution in [0.5, 0.6) is 0 Å². The summed E-state index contributed by atoms with van der Waals surface area (Å²) in [5, 5.41) is 0. The summed E-state index contributed by atoms with van der Waals surface area (Å²) >= 11 is 0. The number of allylic oxidation sites excluding steroid dienone is 4. The first-order valence-electron chi connectivity index (χ1n) is 30.8. The van der Waals surface area contributed by atoms with Crippen LogP contribution in [0.2, 0.25) is 0 Å². The second kappa shape index (κ2) is 52.3. The first kappa shape index (κ1) is 66.5. The van der Waals surface area contributed by atoms with Crippen LogP contribution < -0.4 is 0 Å². The zero-order valence-electron chi connectivity index (χ0n) is 47.3. The molecule has 0 spiro atoms. The van der Waals surface area contributed by atoms with Gasteiger partial charge in [0.2, 0.25) is 0 Å². The molecular weight excluding hydrogens is 951 g/mol. The molecule has 404 valence electrons. The summed E-state index contributed by atoms with van der Waals surface area (Å²) in [5.74, 6) is 7.16. The Labute approximate surface area is 456 Å². The van der Waals surface area contributed by atoms with E-state index in [1.54, 1.807) is 0 Å². The number of para-hydroxylation sites is 2. The molecule has 2 aromatic carbocycles. The van der Waals surface area contributed by atoms with E-state index in [1.165, 1.54) is 223 Å². The van der Waals surface area contributed by atoms with Crippen LogP contribution in [0.4, 0.5) is 11.4 Å². The number of aryl methyl sites for hydroxylation is 2. The van der Waals surface area contributed by atoms with Crippen molar-refractivity contribution in [3.63, 3.8) is 0 Å². The maximum Gasteiger partial charge on any atom is 0.135 e. The predicted molar refractivity (Wildman–Crippen MR) is 317 cm³/mol. The zero-order chi connectivity index (χ0) is 49.9. The Morgan fingerprint density at radius 2 is 0.690 bits per heavy atom. The minimum atomic E-state index is 0. The van der Waals surface area contributed by atoms with Gasteiger partial charge in [-0.1, -0.05) is 287 Å². The van der Waals surface area contributed by atoms with Gasteiger partial charge in [0.25, 0.3) is 0 Å². The van der Waals surface area contributed by atoms with Gasteiger partial charge in [-0.25, -0.2) is 4.99 Å². The van der Waals surface area contributed by atoms with Crippen molar-refractivity contribution in [1.82, 2.24) is 0 Å². The monoisotopic (exact) mass is 1060 g/mol. The van der Waals surface area contributed by atoms with Crippen LogP contribution in [0.3, 0.4) is 0 Å². The van der Waals surface area contributed by atoms with Crippen molar-refractivity contribution in [2.45, 2.75) is 310 Å². The zero-order valence-corrected chi connectivity index (χ0v) is 48.8. The molecule has 0 aliphatic carbocycles. The van der Waals surface area contributed by atoms with Crippen LogP contribution in [-0.2, 0) is 33.3 Å². The third-order valence-corrected chi connectivity index (χ3v) is 14.3. The summed E-state index contributed by atoms with van der Waals surface area (Å²) in [6.45, 7) is 9.16. The smallest absolute Gasteiger partial charge is 0.135 e. The van der Waals surface area contributed by atoms with Gasteiger partial charge in [0.15, 0.2) is 0 Å². The van der Waals surface area contributed by atoms with Crippen molar-refractivity contribution >= 4 is 22.8 Å². The van der Waals surface area contributed by atoms with Crippen LogP contribution in [0.25, 0.3) is 0 Å². The van der Waals surface area contributed by atoms with Gasteiger partial charge in [-0.2, -0.15) is 0 Å². The Morgan fingerprint density at radius 1 is 0.366 bits per heavy atom. The average Bonchev–Trinajstić information content (AvgIpc) is 3.38. The van der Waals surface area contributed by atoms with Gasteiger partial charge in [-0.15, -0.1) is 0 Å². The summed E-state index contributed by atoms with van der Waals surface area (Å²) in [4.78, 5) is 10.9. The molecule has 0 heterocycles. The van der Waals surface area contributed by atoms with E-state index in [0.717, 1.165) is 93.4 Å². The molecule has 71 heavy (non-hydrogen) atoms. The molecule has 0 bridgehead atoms. The topological polar surface area (TPSA) is 24.7 Å². The fourth-order valence-corrected chi connectivity index (χ4v) is 9.66. The van der Waals surface area contributed by atoms with E-state index in [2.05, 4.69) is 112 Å². The molecule has 0 aliphatic heterocycles. The molecule has 0 amide bonds. The molecule has 0 aliphatic rings. The van der Waals surface area contributed by atoms with Gasteiger partial charge in [0, 0.05) is 26.8 Å². The second-order valence-corrected chi connectivity index (χ2v) is 21.0. The van der Waals surface area contributed by atoms with Crippen LogP contribution in [0, 0.1) is 11.8 Å². The van der Waals surface area contributed by atoms with Gasteiger partial charge in [-0.3, -0.25) is 4.99 Å². The van der Waals surface area contributed by atoms with Gasteiger partial charge < -0.3 is 0 Å². The molecule has 0 N–H and O–H groups in total. The second-order valence-electron chi connectivity index (χ2n) is 21.0. The van der Waals surface area contributed by atoms with Crippen molar-refractivity contribution in [1.29, 1.82) is 0 Å². The van der Waals surface area contributed by atoms with Crippen molar-refractivity contribution in [2.75, 3.05) is 0 Å². The van der Waals surface area contributed by atoms with E-state index in [0.29, 0.717) is 0 Å². The van der Waals surface area contributed by atoms with E-state index < -0.39 is 0 Å². The quantitative estimate of drug-likeness (QED) is 0.0207. The van der Waals surface area contributed by atoms with Crippen molar-refractivity contribution in [3.8, 4) is 11.8 Å². The minimum absolute atomic E-state index is 0. The molecule has 0 unspecified atom stereocenters. The molecule has 0 aromatic heterocycles. The number of benzene rings is 2. The largest absolute Gasteiger partial charge is 0.250 e. The Bertz CT molecular complexity index is 1650. The fourth-order valence-electron chi connectivity index (χ4n) is 9.66. The SMILES string of the molecule is CCCCCCC#CC(=Nc1ccccc1CCC/C=C/CCCCCCCCCCCCCCCC)C(CCCC)=Nc1ccccc1CCC/C=C/CCCCCCCCCCCCCCCC.[Pd]. The number of aliphatic imine (C=N–C) groups is 2. The fraction of sp³-hybridized carbons (Fsp3) is 0.706. The van der Waals surface area contributed by atoms with Crippen LogP contribution in [0.15, 0.2) is 82.8 Å². The van der Waals surface area contributed by atoms with E-state index in [4.69, 9.17) is 9.98 Å². The molecular formula is C68H112N2Pd. The third-order valence-electron chi connectivity index (χ3n) is 14.3. The van der Waals surface area contributed by atoms with Gasteiger partial charge in [-0.05, 0) is 113 Å². The average molecular weight is 1060 g/mol. The van der Waals surface area contributed by atoms with E-state index in [9.17, 15) is 0 Å². The molecule has 2 nitrogen and oxygen atoms in total. The predicted octanol–water partition coefficient (Wildman–Crippen LogP) is 23.2. The van der Waals surface area contributed by atoms with E-state index in [-0.39, 0.29) is 20.4 Å². The van der Waals surface area contributed by atoms with Crippen LogP contribution in [-0.4, -0.2) is 11.4 Å². The maximum atomic E-state index is 5.46. The molecule has 0 atom stereocenters. The summed E-state index contributed by atoms with van der Waals surface area (Å²) < 4.78 is 0. The molecule has 2 rings (SSSR count). The van der Waals surface area contributed by atoms with E-state index in [1.807, 2.05) is 0 Å². The molecule has 2 aromatic rings. The Morgan fingerprint density at radius 3 is 1.08 bits per heavy atom. The Hall–Kier alpha value is -2.52. The van der Waals surface area contributed by atoms with Crippen LogP contribution >= 0.6 is 0 Å². The summed E-state index contributed by atoms with van der Waals surface area (Å²) in [5.41, 5.74) is 6.71. The summed E-state index contributed by atoms with van der Waals surface area (Å²) in [6.07, 6.45) is 67.5. The number of unbranched alkanes of at least 4 members (excludes halogenated alkanes) is 35. The first-order valence-corrected chi connectivity index (χ1v) is 30.8. The molecule has 0 radical (unpaired) electrons.